The van der Waals surface area contributed by atoms with Gasteiger partial charge in [0.25, 0.3) is 0 Å². The van der Waals surface area contributed by atoms with Crippen LogP contribution < -0.4 is 0 Å². The van der Waals surface area contributed by atoms with Crippen LogP contribution in [0.4, 0.5) is 0 Å². The number of nitrogens with zero attached hydrogens (tertiary/aromatic N) is 3. The molecule has 1 heterocycles. The van der Waals surface area contributed by atoms with E-state index in [9.17, 15) is 5.26 Å². The number of nitriles is 1. The summed E-state index contributed by atoms with van der Waals surface area (Å²) < 4.78 is 0. The smallest absolute Gasteiger partial charge is 0.160 e. The zero-order valence-electron chi connectivity index (χ0n) is 22.8. The van der Waals surface area contributed by atoms with E-state index < -0.39 is 0 Å². The van der Waals surface area contributed by atoms with Crippen molar-refractivity contribution in [2.24, 2.45) is 0 Å². The van der Waals surface area contributed by atoms with Gasteiger partial charge in [-0.1, -0.05) is 133 Å². The van der Waals surface area contributed by atoms with Crippen LogP contribution in [0, 0.1) is 11.3 Å². The molecule has 0 aliphatic carbocycles. The molecule has 7 aromatic rings. The van der Waals surface area contributed by atoms with Crippen molar-refractivity contribution in [3.8, 4) is 62.2 Å². The van der Waals surface area contributed by atoms with Crippen LogP contribution >= 0.6 is 0 Å². The van der Waals surface area contributed by atoms with Gasteiger partial charge in [0.15, 0.2) is 5.82 Å². The van der Waals surface area contributed by atoms with E-state index in [1.807, 2.05) is 66.7 Å². The van der Waals surface area contributed by atoms with Crippen molar-refractivity contribution in [3.63, 3.8) is 0 Å². The maximum Gasteiger partial charge on any atom is 0.160 e. The highest BCUT2D eigenvalue weighted by molar-refractivity contribution is 6.05. The second-order valence-corrected chi connectivity index (χ2v) is 10.2. The van der Waals surface area contributed by atoms with Gasteiger partial charge >= 0.3 is 0 Å². The van der Waals surface area contributed by atoms with Gasteiger partial charge < -0.3 is 0 Å². The molecule has 0 N–H and O–H groups in total. The van der Waals surface area contributed by atoms with E-state index in [-0.39, 0.29) is 0 Å². The molecular weight excluding hydrogens is 510 g/mol. The summed E-state index contributed by atoms with van der Waals surface area (Å²) in [4.78, 5) is 9.89. The zero-order chi connectivity index (χ0) is 28.3. The van der Waals surface area contributed by atoms with Gasteiger partial charge in [0.2, 0.25) is 0 Å². The van der Waals surface area contributed by atoms with Crippen LogP contribution in [0.3, 0.4) is 0 Å². The fraction of sp³-hybridized carbons (Fsp3) is 0. The highest BCUT2D eigenvalue weighted by Gasteiger charge is 2.13. The van der Waals surface area contributed by atoms with Crippen LogP contribution in [-0.2, 0) is 0 Å². The number of fused-ring (bicyclic) bond motifs is 1. The van der Waals surface area contributed by atoms with E-state index in [1.165, 1.54) is 5.39 Å². The molecule has 6 aromatic carbocycles. The van der Waals surface area contributed by atoms with Crippen LogP contribution in [-0.4, -0.2) is 9.97 Å². The summed E-state index contributed by atoms with van der Waals surface area (Å²) in [6.07, 6.45) is 0. The quantitative estimate of drug-likeness (QED) is 0.220. The predicted molar refractivity (Wildman–Crippen MR) is 171 cm³/mol. The third-order valence-electron chi connectivity index (χ3n) is 7.55. The Morgan fingerprint density at radius 3 is 1.52 bits per heavy atom. The molecule has 0 bridgehead atoms. The average molecular weight is 536 g/mol. The van der Waals surface area contributed by atoms with Crippen LogP contribution in [0.15, 0.2) is 152 Å². The summed E-state index contributed by atoms with van der Waals surface area (Å²) in [5.74, 6) is 0.707. The summed E-state index contributed by atoms with van der Waals surface area (Å²) >= 11 is 0. The molecule has 42 heavy (non-hydrogen) atoms. The third-order valence-corrected chi connectivity index (χ3v) is 7.55. The summed E-state index contributed by atoms with van der Waals surface area (Å²) in [7, 11) is 0. The first kappa shape index (κ1) is 25.1. The number of hydrogen-bond acceptors (Lipinski definition) is 3. The highest BCUT2D eigenvalue weighted by Crippen LogP contribution is 2.37. The van der Waals surface area contributed by atoms with Crippen molar-refractivity contribution in [1.29, 1.82) is 5.26 Å². The van der Waals surface area contributed by atoms with Crippen LogP contribution in [0.1, 0.15) is 5.56 Å². The number of hydrogen-bond donors (Lipinski definition) is 0. The molecular formula is C39H25N3. The second-order valence-electron chi connectivity index (χ2n) is 10.2. The Kier molecular flexibility index (Phi) is 6.56. The first-order valence-corrected chi connectivity index (χ1v) is 13.9. The van der Waals surface area contributed by atoms with Crippen molar-refractivity contribution in [3.05, 3.63) is 157 Å². The first-order chi connectivity index (χ1) is 20.8. The van der Waals surface area contributed by atoms with Crippen molar-refractivity contribution in [2.75, 3.05) is 0 Å². The van der Waals surface area contributed by atoms with Crippen molar-refractivity contribution < 1.29 is 0 Å². The minimum atomic E-state index is 0.659. The molecule has 7 rings (SSSR count). The standard InChI is InChI=1S/C39H25N3/c40-26-27-10-9-15-32(24-27)34-23-22-33(35-16-7-8-17-36(34)35)28-18-20-30(21-19-28)38-25-37(29-11-3-1-4-12-29)41-39(42-38)31-13-5-2-6-14-31/h1-25H. The van der Waals surface area contributed by atoms with Gasteiger partial charge in [0.05, 0.1) is 23.0 Å². The molecule has 0 aliphatic rings. The largest absolute Gasteiger partial charge is 0.228 e. The van der Waals surface area contributed by atoms with Gasteiger partial charge in [-0.05, 0) is 51.2 Å². The van der Waals surface area contributed by atoms with Gasteiger partial charge in [0, 0.05) is 16.7 Å². The number of benzene rings is 6. The molecule has 0 atom stereocenters. The molecule has 3 heteroatoms. The molecule has 0 spiro atoms. The van der Waals surface area contributed by atoms with E-state index in [1.54, 1.807) is 0 Å². The molecule has 0 radical (unpaired) electrons. The summed E-state index contributed by atoms with van der Waals surface area (Å²) in [5, 5.41) is 11.7. The summed E-state index contributed by atoms with van der Waals surface area (Å²) in [5.41, 5.74) is 9.96. The fourth-order valence-corrected chi connectivity index (χ4v) is 5.45. The number of rotatable bonds is 5. The maximum atomic E-state index is 9.41. The van der Waals surface area contributed by atoms with Crippen LogP contribution in [0.5, 0.6) is 0 Å². The molecule has 3 nitrogen and oxygen atoms in total. The Morgan fingerprint density at radius 1 is 0.405 bits per heavy atom. The van der Waals surface area contributed by atoms with Crippen LogP contribution in [0.2, 0.25) is 0 Å². The normalized spacial score (nSPS) is 10.8. The van der Waals surface area contributed by atoms with Gasteiger partial charge in [-0.15, -0.1) is 0 Å². The molecule has 0 unspecified atom stereocenters. The molecule has 196 valence electrons. The van der Waals surface area contributed by atoms with E-state index in [4.69, 9.17) is 9.97 Å². The van der Waals surface area contributed by atoms with Crippen LogP contribution in [0.25, 0.3) is 66.9 Å². The minimum Gasteiger partial charge on any atom is -0.228 e. The highest BCUT2D eigenvalue weighted by atomic mass is 14.9. The van der Waals surface area contributed by atoms with E-state index >= 15 is 0 Å². The van der Waals surface area contributed by atoms with Gasteiger partial charge in [-0.3, -0.25) is 0 Å². The first-order valence-electron chi connectivity index (χ1n) is 13.9. The molecule has 0 amide bonds. The van der Waals surface area contributed by atoms with Crippen molar-refractivity contribution in [1.82, 2.24) is 9.97 Å². The fourth-order valence-electron chi connectivity index (χ4n) is 5.45. The third kappa shape index (κ3) is 4.83. The Hall–Kier alpha value is -5.85. The predicted octanol–water partition coefficient (Wildman–Crippen LogP) is 9.84. The Labute approximate surface area is 245 Å². The molecule has 0 saturated carbocycles. The topological polar surface area (TPSA) is 49.6 Å². The minimum absolute atomic E-state index is 0.659. The lowest BCUT2D eigenvalue weighted by Crippen LogP contribution is -1.95. The summed E-state index contributed by atoms with van der Waals surface area (Å²) in [6, 6.07) is 53.9. The Morgan fingerprint density at radius 2 is 0.905 bits per heavy atom. The Balaban J connectivity index is 1.30. The monoisotopic (exact) mass is 535 g/mol. The summed E-state index contributed by atoms with van der Waals surface area (Å²) in [6.45, 7) is 0. The van der Waals surface area contributed by atoms with E-state index in [2.05, 4.69) is 91.0 Å². The van der Waals surface area contributed by atoms with Crippen molar-refractivity contribution in [2.45, 2.75) is 0 Å². The van der Waals surface area contributed by atoms with E-state index in [0.29, 0.717) is 11.4 Å². The SMILES string of the molecule is N#Cc1cccc(-c2ccc(-c3ccc(-c4cc(-c5ccccc5)nc(-c5ccccc5)n4)cc3)c3ccccc23)c1. The molecule has 0 saturated heterocycles. The molecule has 1 aromatic heterocycles. The average Bonchev–Trinajstić information content (AvgIpc) is 3.08. The van der Waals surface area contributed by atoms with E-state index in [0.717, 1.165) is 55.7 Å². The van der Waals surface area contributed by atoms with Gasteiger partial charge in [-0.25, -0.2) is 9.97 Å². The maximum absolute atomic E-state index is 9.41. The lowest BCUT2D eigenvalue weighted by Gasteiger charge is -2.13. The van der Waals surface area contributed by atoms with Crippen molar-refractivity contribution >= 4 is 10.8 Å². The zero-order valence-corrected chi connectivity index (χ0v) is 22.8. The number of aromatic nitrogens is 2. The van der Waals surface area contributed by atoms with Gasteiger partial charge in [-0.2, -0.15) is 5.26 Å². The second kappa shape index (κ2) is 11.0. The lowest BCUT2D eigenvalue weighted by molar-refractivity contribution is 1.18. The molecule has 0 aliphatic heterocycles. The lowest BCUT2D eigenvalue weighted by atomic mass is 9.91. The Bertz CT molecular complexity index is 2020. The molecule has 0 fully saturated rings. The van der Waals surface area contributed by atoms with Gasteiger partial charge in [0.1, 0.15) is 0 Å².